The molecule has 1 amide bonds. The SMILES string of the molecule is CCC(Oc1ccccc1C)c1nnc(C2CC(=O)N(C)C2)o1. The van der Waals surface area contributed by atoms with Gasteiger partial charge in [-0.1, -0.05) is 25.1 Å². The van der Waals surface area contributed by atoms with Gasteiger partial charge in [0.05, 0.1) is 5.92 Å². The summed E-state index contributed by atoms with van der Waals surface area (Å²) in [5.41, 5.74) is 1.06. The van der Waals surface area contributed by atoms with Crippen LogP contribution in [0.4, 0.5) is 0 Å². The zero-order chi connectivity index (χ0) is 16.4. The maximum absolute atomic E-state index is 11.6. The van der Waals surface area contributed by atoms with Gasteiger partial charge in [-0.15, -0.1) is 10.2 Å². The van der Waals surface area contributed by atoms with Crippen LogP contribution >= 0.6 is 0 Å². The van der Waals surface area contributed by atoms with Crippen LogP contribution in [0.3, 0.4) is 0 Å². The van der Waals surface area contributed by atoms with Gasteiger partial charge in [0.2, 0.25) is 11.8 Å². The van der Waals surface area contributed by atoms with Gasteiger partial charge in [0.1, 0.15) is 5.75 Å². The van der Waals surface area contributed by atoms with Crippen LogP contribution in [-0.4, -0.2) is 34.6 Å². The molecule has 0 radical (unpaired) electrons. The molecule has 2 aromatic rings. The average molecular weight is 315 g/mol. The summed E-state index contributed by atoms with van der Waals surface area (Å²) >= 11 is 0. The quantitative estimate of drug-likeness (QED) is 0.848. The van der Waals surface area contributed by atoms with E-state index in [1.54, 1.807) is 11.9 Å². The zero-order valence-electron chi connectivity index (χ0n) is 13.7. The van der Waals surface area contributed by atoms with Gasteiger partial charge in [0.15, 0.2) is 6.10 Å². The lowest BCUT2D eigenvalue weighted by atomic mass is 10.1. The summed E-state index contributed by atoms with van der Waals surface area (Å²) in [6.07, 6.45) is 0.861. The van der Waals surface area contributed by atoms with E-state index in [1.165, 1.54) is 0 Å². The first-order valence-electron chi connectivity index (χ1n) is 7.88. The Balaban J connectivity index is 1.75. The largest absolute Gasteiger partial charge is 0.480 e. The maximum Gasteiger partial charge on any atom is 0.256 e. The molecule has 0 aliphatic carbocycles. The smallest absolute Gasteiger partial charge is 0.256 e. The number of hydrogen-bond donors (Lipinski definition) is 0. The van der Waals surface area contributed by atoms with Crippen LogP contribution < -0.4 is 4.74 Å². The van der Waals surface area contributed by atoms with Crippen molar-refractivity contribution in [1.82, 2.24) is 15.1 Å². The van der Waals surface area contributed by atoms with Gasteiger partial charge in [-0.05, 0) is 25.0 Å². The molecule has 0 bridgehead atoms. The van der Waals surface area contributed by atoms with Crippen molar-refractivity contribution < 1.29 is 13.9 Å². The first-order valence-corrected chi connectivity index (χ1v) is 7.88. The van der Waals surface area contributed by atoms with Gasteiger partial charge in [-0.2, -0.15) is 0 Å². The molecular weight excluding hydrogens is 294 g/mol. The fourth-order valence-corrected chi connectivity index (χ4v) is 2.72. The van der Waals surface area contributed by atoms with Crippen LogP contribution in [0.5, 0.6) is 5.75 Å². The number of carbonyl (C=O) groups is 1. The molecule has 3 rings (SSSR count). The Hall–Kier alpha value is -2.37. The molecule has 1 fully saturated rings. The minimum Gasteiger partial charge on any atom is -0.480 e. The molecule has 0 N–H and O–H groups in total. The Morgan fingerprint density at radius 3 is 2.83 bits per heavy atom. The number of rotatable bonds is 5. The highest BCUT2D eigenvalue weighted by atomic mass is 16.5. The molecule has 1 aromatic heterocycles. The molecule has 122 valence electrons. The minimum absolute atomic E-state index is 0.0234. The van der Waals surface area contributed by atoms with Crippen molar-refractivity contribution >= 4 is 5.91 Å². The standard InChI is InChI=1S/C17H21N3O3/c1-4-13(22-14-8-6-5-7-11(14)2)17-19-18-16(23-17)12-9-15(21)20(3)10-12/h5-8,12-13H,4,9-10H2,1-3H3. The van der Waals surface area contributed by atoms with Gasteiger partial charge < -0.3 is 14.1 Å². The number of likely N-dealkylation sites (N-methyl/N-ethyl adjacent to an activating group) is 1. The van der Waals surface area contributed by atoms with E-state index in [2.05, 4.69) is 10.2 Å². The van der Waals surface area contributed by atoms with Gasteiger partial charge in [0, 0.05) is 20.0 Å². The zero-order valence-corrected chi connectivity index (χ0v) is 13.7. The molecule has 1 aromatic carbocycles. The van der Waals surface area contributed by atoms with Crippen molar-refractivity contribution in [2.45, 2.75) is 38.7 Å². The summed E-state index contributed by atoms with van der Waals surface area (Å²) in [6, 6.07) is 7.84. The van der Waals surface area contributed by atoms with Crippen molar-refractivity contribution in [2.24, 2.45) is 0 Å². The predicted octanol–water partition coefficient (Wildman–Crippen LogP) is 2.85. The summed E-state index contributed by atoms with van der Waals surface area (Å²) < 4.78 is 11.8. The summed E-state index contributed by atoms with van der Waals surface area (Å²) in [5.74, 6) is 1.88. The first-order chi connectivity index (χ1) is 11.1. The molecule has 2 atom stereocenters. The summed E-state index contributed by atoms with van der Waals surface area (Å²) in [4.78, 5) is 13.3. The molecule has 2 unspecified atom stereocenters. The molecule has 0 spiro atoms. The number of aryl methyl sites for hydroxylation is 1. The fourth-order valence-electron chi connectivity index (χ4n) is 2.72. The van der Waals surface area contributed by atoms with Crippen LogP contribution in [0, 0.1) is 6.92 Å². The highest BCUT2D eigenvalue weighted by Crippen LogP contribution is 2.30. The molecule has 2 heterocycles. The van der Waals surface area contributed by atoms with Crippen LogP contribution in [0.25, 0.3) is 0 Å². The molecule has 1 aliphatic heterocycles. The molecule has 6 heteroatoms. The third-order valence-electron chi connectivity index (χ3n) is 4.16. The third kappa shape index (κ3) is 3.21. The van der Waals surface area contributed by atoms with Crippen molar-refractivity contribution in [3.63, 3.8) is 0 Å². The third-order valence-corrected chi connectivity index (χ3v) is 4.16. The number of benzene rings is 1. The topological polar surface area (TPSA) is 68.5 Å². The number of aromatic nitrogens is 2. The lowest BCUT2D eigenvalue weighted by Gasteiger charge is -2.15. The monoisotopic (exact) mass is 315 g/mol. The van der Waals surface area contributed by atoms with Crippen LogP contribution in [-0.2, 0) is 4.79 Å². The summed E-state index contributed by atoms with van der Waals surface area (Å²) in [6.45, 7) is 4.64. The van der Waals surface area contributed by atoms with Gasteiger partial charge in [-0.3, -0.25) is 4.79 Å². The Bertz CT molecular complexity index is 698. The van der Waals surface area contributed by atoms with E-state index in [-0.39, 0.29) is 17.9 Å². The van der Waals surface area contributed by atoms with Gasteiger partial charge in [0.25, 0.3) is 5.89 Å². The van der Waals surface area contributed by atoms with Crippen LogP contribution in [0.15, 0.2) is 28.7 Å². The van der Waals surface area contributed by atoms with E-state index < -0.39 is 0 Å². The lowest BCUT2D eigenvalue weighted by molar-refractivity contribution is -0.126. The Morgan fingerprint density at radius 2 is 2.17 bits per heavy atom. The molecule has 0 saturated carbocycles. The second-order valence-electron chi connectivity index (χ2n) is 5.93. The molecule has 1 aliphatic rings. The Morgan fingerprint density at radius 1 is 1.39 bits per heavy atom. The van der Waals surface area contributed by atoms with E-state index in [4.69, 9.17) is 9.15 Å². The van der Waals surface area contributed by atoms with E-state index in [0.717, 1.165) is 17.7 Å². The highest BCUT2D eigenvalue weighted by Gasteiger charge is 2.32. The maximum atomic E-state index is 11.6. The molecule has 1 saturated heterocycles. The molecule has 23 heavy (non-hydrogen) atoms. The molecular formula is C17H21N3O3. The number of carbonyl (C=O) groups excluding carboxylic acids is 1. The van der Waals surface area contributed by atoms with E-state index in [1.807, 2.05) is 38.1 Å². The number of para-hydroxylation sites is 1. The number of nitrogens with zero attached hydrogens (tertiary/aromatic N) is 3. The highest BCUT2D eigenvalue weighted by molar-refractivity contribution is 5.79. The van der Waals surface area contributed by atoms with Crippen molar-refractivity contribution in [3.05, 3.63) is 41.6 Å². The van der Waals surface area contributed by atoms with Crippen molar-refractivity contribution in [1.29, 1.82) is 0 Å². The van der Waals surface area contributed by atoms with Crippen LogP contribution in [0.2, 0.25) is 0 Å². The molecule has 6 nitrogen and oxygen atoms in total. The summed E-state index contributed by atoms with van der Waals surface area (Å²) in [7, 11) is 1.79. The van der Waals surface area contributed by atoms with Crippen molar-refractivity contribution in [2.75, 3.05) is 13.6 Å². The van der Waals surface area contributed by atoms with E-state index in [0.29, 0.717) is 24.7 Å². The second-order valence-corrected chi connectivity index (χ2v) is 5.93. The normalized spacial score (nSPS) is 19.2. The number of likely N-dealkylation sites (tertiary alicyclic amines) is 1. The van der Waals surface area contributed by atoms with Crippen molar-refractivity contribution in [3.8, 4) is 5.75 Å². The van der Waals surface area contributed by atoms with Gasteiger partial charge >= 0.3 is 0 Å². The van der Waals surface area contributed by atoms with Crippen LogP contribution in [0.1, 0.15) is 49.1 Å². The fraction of sp³-hybridized carbons (Fsp3) is 0.471. The predicted molar refractivity (Wildman–Crippen MR) is 84.1 cm³/mol. The Labute approximate surface area is 135 Å². The average Bonchev–Trinajstić information content (AvgIpc) is 3.14. The minimum atomic E-state index is -0.285. The number of amides is 1. The number of ether oxygens (including phenoxy) is 1. The first kappa shape index (κ1) is 15.5. The number of hydrogen-bond acceptors (Lipinski definition) is 5. The van der Waals surface area contributed by atoms with Gasteiger partial charge in [-0.25, -0.2) is 0 Å². The van der Waals surface area contributed by atoms with E-state index >= 15 is 0 Å². The van der Waals surface area contributed by atoms with E-state index in [9.17, 15) is 4.79 Å². The second kappa shape index (κ2) is 6.40. The summed E-state index contributed by atoms with van der Waals surface area (Å²) in [5, 5.41) is 8.26. The lowest BCUT2D eigenvalue weighted by Crippen LogP contribution is -2.18. The Kier molecular flexibility index (Phi) is 4.32.